The average Bonchev–Trinajstić information content (AvgIpc) is 2.83. The second-order valence-electron chi connectivity index (χ2n) is 7.12. The molecular formula is C19H25N3O5S. The van der Waals surface area contributed by atoms with E-state index in [1.165, 1.54) is 25.8 Å². The molecule has 1 aromatic carbocycles. The number of rotatable bonds is 5. The van der Waals surface area contributed by atoms with Crippen molar-refractivity contribution in [1.29, 1.82) is 0 Å². The van der Waals surface area contributed by atoms with Gasteiger partial charge in [0.15, 0.2) is 6.61 Å². The largest absolute Gasteiger partial charge is 0.454 e. The van der Waals surface area contributed by atoms with Gasteiger partial charge < -0.3 is 10.1 Å². The number of nitrogens with one attached hydrogen (secondary N) is 2. The summed E-state index contributed by atoms with van der Waals surface area (Å²) < 4.78 is 31.6. The van der Waals surface area contributed by atoms with Crippen molar-refractivity contribution in [1.82, 2.24) is 10.0 Å². The molecule has 1 aromatic rings. The van der Waals surface area contributed by atoms with Crippen LogP contribution in [-0.4, -0.2) is 44.8 Å². The monoisotopic (exact) mass is 407 g/mol. The summed E-state index contributed by atoms with van der Waals surface area (Å²) in [4.78, 5) is 28.5. The van der Waals surface area contributed by atoms with E-state index >= 15 is 0 Å². The first-order valence-corrected chi connectivity index (χ1v) is 11.0. The fourth-order valence-corrected chi connectivity index (χ4v) is 4.67. The van der Waals surface area contributed by atoms with E-state index in [1.807, 2.05) is 0 Å². The number of amidine groups is 1. The molecule has 0 spiro atoms. The van der Waals surface area contributed by atoms with Crippen LogP contribution in [0.3, 0.4) is 0 Å². The lowest BCUT2D eigenvalue weighted by molar-refractivity contribution is -0.149. The molecule has 152 valence electrons. The van der Waals surface area contributed by atoms with Crippen LogP contribution >= 0.6 is 0 Å². The van der Waals surface area contributed by atoms with Crippen molar-refractivity contribution in [2.45, 2.75) is 62.4 Å². The summed E-state index contributed by atoms with van der Waals surface area (Å²) in [7, 11) is -3.67. The lowest BCUT2D eigenvalue weighted by atomic mass is 10.1. The third kappa shape index (κ3) is 4.89. The fourth-order valence-electron chi connectivity index (χ4n) is 3.43. The smallest absolute Gasteiger partial charge is 0.331 e. The Morgan fingerprint density at radius 1 is 1.21 bits per heavy atom. The summed E-state index contributed by atoms with van der Waals surface area (Å²) in [5.74, 6) is -0.915. The Labute approximate surface area is 164 Å². The summed E-state index contributed by atoms with van der Waals surface area (Å²) in [6.07, 6.45) is 6.46. The van der Waals surface area contributed by atoms with Crippen molar-refractivity contribution in [3.05, 3.63) is 29.8 Å². The topological polar surface area (TPSA) is 114 Å². The maximum Gasteiger partial charge on any atom is 0.331 e. The molecule has 0 unspecified atom stereocenters. The first-order chi connectivity index (χ1) is 13.4. The van der Waals surface area contributed by atoms with Crippen LogP contribution in [0.4, 0.5) is 0 Å². The first-order valence-electron chi connectivity index (χ1n) is 9.53. The van der Waals surface area contributed by atoms with Gasteiger partial charge >= 0.3 is 5.97 Å². The molecule has 1 atom stereocenters. The van der Waals surface area contributed by atoms with Crippen molar-refractivity contribution in [3.8, 4) is 0 Å². The number of sulfonamides is 1. The van der Waals surface area contributed by atoms with Gasteiger partial charge in [-0.15, -0.1) is 0 Å². The van der Waals surface area contributed by atoms with Gasteiger partial charge in [-0.2, -0.15) is 0 Å². The number of ether oxygens (including phenoxy) is 1. The molecule has 1 fully saturated rings. The van der Waals surface area contributed by atoms with E-state index in [4.69, 9.17) is 4.74 Å². The van der Waals surface area contributed by atoms with Gasteiger partial charge in [0.05, 0.1) is 4.90 Å². The summed E-state index contributed by atoms with van der Waals surface area (Å²) >= 11 is 0. The molecule has 1 heterocycles. The number of fused-ring (bicyclic) bond motifs is 1. The highest BCUT2D eigenvalue weighted by atomic mass is 32.2. The molecule has 1 amide bonds. The quantitative estimate of drug-likeness (QED) is 0.567. The van der Waals surface area contributed by atoms with Crippen LogP contribution in [0.5, 0.6) is 0 Å². The molecule has 1 saturated carbocycles. The maximum absolute atomic E-state index is 12.2. The first kappa shape index (κ1) is 20.3. The molecule has 0 saturated heterocycles. The predicted octanol–water partition coefficient (Wildman–Crippen LogP) is 1.50. The molecule has 0 aromatic heterocycles. The number of amides is 1. The van der Waals surface area contributed by atoms with Gasteiger partial charge in [0.2, 0.25) is 0 Å². The maximum atomic E-state index is 12.2. The minimum Gasteiger partial charge on any atom is -0.454 e. The SMILES string of the molecule is C[C@H](N=C1NS(=O)(=O)c2ccccc21)C(=O)OCC(=O)NC1CCCCCC1. The van der Waals surface area contributed by atoms with Crippen molar-refractivity contribution < 1.29 is 22.7 Å². The van der Waals surface area contributed by atoms with Crippen molar-refractivity contribution in [2.24, 2.45) is 4.99 Å². The standard InChI is InChI=1S/C19H25N3O5S/c1-13(20-18-15-10-6-7-11-16(15)28(25,26)22-18)19(24)27-12-17(23)21-14-8-4-2-3-5-9-14/h6-7,10-11,13-14H,2-5,8-9,12H2,1H3,(H,20,22)(H,21,23)/t13-/m0/s1. The second-order valence-corrected chi connectivity index (χ2v) is 8.77. The third-order valence-corrected chi connectivity index (χ3v) is 6.29. The third-order valence-electron chi connectivity index (χ3n) is 4.89. The zero-order chi connectivity index (χ0) is 20.1. The van der Waals surface area contributed by atoms with Crippen LogP contribution < -0.4 is 10.0 Å². The summed E-state index contributed by atoms with van der Waals surface area (Å²) in [5.41, 5.74) is 0.410. The van der Waals surface area contributed by atoms with E-state index in [2.05, 4.69) is 15.0 Å². The number of carbonyl (C=O) groups excluding carboxylic acids is 2. The number of nitrogens with zero attached hydrogens (tertiary/aromatic N) is 1. The van der Waals surface area contributed by atoms with E-state index in [0.717, 1.165) is 25.7 Å². The number of carbonyl (C=O) groups is 2. The van der Waals surface area contributed by atoms with Gasteiger partial charge in [-0.05, 0) is 31.9 Å². The molecule has 28 heavy (non-hydrogen) atoms. The Morgan fingerprint density at radius 2 is 1.89 bits per heavy atom. The van der Waals surface area contributed by atoms with Crippen molar-refractivity contribution in [3.63, 3.8) is 0 Å². The van der Waals surface area contributed by atoms with E-state index < -0.39 is 22.0 Å². The van der Waals surface area contributed by atoms with Gasteiger partial charge in [-0.25, -0.2) is 13.2 Å². The molecule has 9 heteroatoms. The molecule has 2 N–H and O–H groups in total. The van der Waals surface area contributed by atoms with E-state index in [9.17, 15) is 18.0 Å². The predicted molar refractivity (Wildman–Crippen MR) is 103 cm³/mol. The number of hydrogen-bond acceptors (Lipinski definition) is 6. The highest BCUT2D eigenvalue weighted by Crippen LogP contribution is 2.22. The Morgan fingerprint density at radius 3 is 2.61 bits per heavy atom. The molecule has 2 aliphatic rings. The van der Waals surface area contributed by atoms with Gasteiger partial charge in [-0.1, -0.05) is 37.8 Å². The zero-order valence-corrected chi connectivity index (χ0v) is 16.6. The van der Waals surface area contributed by atoms with Gasteiger partial charge in [0.1, 0.15) is 11.9 Å². The van der Waals surface area contributed by atoms with Crippen LogP contribution in [0.15, 0.2) is 34.2 Å². The van der Waals surface area contributed by atoms with Crippen LogP contribution in [0.2, 0.25) is 0 Å². The molecule has 3 rings (SSSR count). The number of esters is 1. The summed E-state index contributed by atoms with van der Waals surface area (Å²) in [6.45, 7) is 1.13. The molecule has 8 nitrogen and oxygen atoms in total. The minimum absolute atomic E-state index is 0.1000. The van der Waals surface area contributed by atoms with Crippen LogP contribution in [0, 0.1) is 0 Å². The highest BCUT2D eigenvalue weighted by Gasteiger charge is 2.31. The zero-order valence-electron chi connectivity index (χ0n) is 15.8. The van der Waals surface area contributed by atoms with Gasteiger partial charge in [-0.3, -0.25) is 14.5 Å². The van der Waals surface area contributed by atoms with E-state index in [-0.39, 0.29) is 29.3 Å². The Hall–Kier alpha value is -2.42. The highest BCUT2D eigenvalue weighted by molar-refractivity contribution is 7.90. The average molecular weight is 407 g/mol. The minimum atomic E-state index is -3.67. The summed E-state index contributed by atoms with van der Waals surface area (Å²) in [5, 5.41) is 2.91. The Balaban J connectivity index is 1.55. The molecule has 0 bridgehead atoms. The Bertz CT molecular complexity index is 873. The van der Waals surface area contributed by atoms with E-state index in [1.54, 1.807) is 18.2 Å². The second kappa shape index (κ2) is 8.72. The van der Waals surface area contributed by atoms with Crippen molar-refractivity contribution >= 4 is 27.7 Å². The molecular weight excluding hydrogens is 382 g/mol. The van der Waals surface area contributed by atoms with Crippen LogP contribution in [-0.2, 0) is 24.3 Å². The van der Waals surface area contributed by atoms with E-state index in [0.29, 0.717) is 5.56 Å². The number of hydrogen-bond donors (Lipinski definition) is 2. The van der Waals surface area contributed by atoms with Crippen LogP contribution in [0.1, 0.15) is 51.0 Å². The van der Waals surface area contributed by atoms with Crippen LogP contribution in [0.25, 0.3) is 0 Å². The lowest BCUT2D eigenvalue weighted by Gasteiger charge is -2.16. The molecule has 0 radical (unpaired) electrons. The number of aliphatic imine (C=N–C) groups is 1. The number of benzene rings is 1. The lowest BCUT2D eigenvalue weighted by Crippen LogP contribution is -2.38. The fraction of sp³-hybridized carbons (Fsp3) is 0.526. The van der Waals surface area contributed by atoms with Gasteiger partial charge in [0.25, 0.3) is 15.9 Å². The summed E-state index contributed by atoms with van der Waals surface area (Å²) in [6, 6.07) is 5.58. The van der Waals surface area contributed by atoms with Crippen molar-refractivity contribution in [2.75, 3.05) is 6.61 Å². The normalized spacial score (nSPS) is 21.2. The Kier molecular flexibility index (Phi) is 6.33. The van der Waals surface area contributed by atoms with Gasteiger partial charge in [0, 0.05) is 11.6 Å². The molecule has 1 aliphatic carbocycles. The molecule has 1 aliphatic heterocycles.